The molecule has 0 amide bonds. The first kappa shape index (κ1) is 10.2. The van der Waals surface area contributed by atoms with E-state index in [-0.39, 0.29) is 5.97 Å². The summed E-state index contributed by atoms with van der Waals surface area (Å²) in [5.74, 6) is -0.269. The van der Waals surface area contributed by atoms with Gasteiger partial charge in [-0.15, -0.1) is 0 Å². The molecule has 2 rings (SSSR count). The predicted octanol–water partition coefficient (Wildman–Crippen LogP) is 1.90. The Morgan fingerprint density at radius 1 is 1.53 bits per heavy atom. The van der Waals surface area contributed by atoms with Crippen molar-refractivity contribution in [1.82, 2.24) is 5.32 Å². The Kier molecular flexibility index (Phi) is 3.02. The molecule has 1 atom stereocenters. The average molecular weight is 205 g/mol. The molecule has 1 aliphatic rings. The first-order chi connectivity index (χ1) is 7.31. The van der Waals surface area contributed by atoms with Gasteiger partial charge in [0.1, 0.15) is 0 Å². The number of rotatable bonds is 2. The highest BCUT2D eigenvalue weighted by atomic mass is 16.5. The van der Waals surface area contributed by atoms with Crippen molar-refractivity contribution in [1.29, 1.82) is 0 Å². The van der Waals surface area contributed by atoms with E-state index in [2.05, 4.69) is 11.4 Å². The van der Waals surface area contributed by atoms with Crippen LogP contribution in [0.15, 0.2) is 24.3 Å². The molecule has 15 heavy (non-hydrogen) atoms. The van der Waals surface area contributed by atoms with Crippen molar-refractivity contribution in [3.8, 4) is 0 Å². The topological polar surface area (TPSA) is 38.3 Å². The number of benzene rings is 1. The second-order valence-electron chi connectivity index (χ2n) is 3.77. The van der Waals surface area contributed by atoms with Gasteiger partial charge in [-0.05, 0) is 37.1 Å². The van der Waals surface area contributed by atoms with Crippen LogP contribution in [-0.2, 0) is 4.74 Å². The third-order valence-electron chi connectivity index (χ3n) is 2.77. The number of esters is 1. The van der Waals surface area contributed by atoms with Gasteiger partial charge < -0.3 is 10.1 Å². The zero-order chi connectivity index (χ0) is 10.7. The van der Waals surface area contributed by atoms with Crippen molar-refractivity contribution >= 4 is 5.97 Å². The van der Waals surface area contributed by atoms with Gasteiger partial charge in [-0.25, -0.2) is 4.79 Å². The maximum atomic E-state index is 11.3. The van der Waals surface area contributed by atoms with Crippen LogP contribution in [0.25, 0.3) is 0 Å². The van der Waals surface area contributed by atoms with Crippen LogP contribution in [0.5, 0.6) is 0 Å². The van der Waals surface area contributed by atoms with Crippen molar-refractivity contribution in [2.45, 2.75) is 18.9 Å². The quantitative estimate of drug-likeness (QED) is 0.749. The maximum Gasteiger partial charge on any atom is 0.337 e. The van der Waals surface area contributed by atoms with Crippen molar-refractivity contribution in [2.75, 3.05) is 13.7 Å². The molecule has 3 nitrogen and oxygen atoms in total. The summed E-state index contributed by atoms with van der Waals surface area (Å²) in [6, 6.07) is 8.05. The van der Waals surface area contributed by atoms with Gasteiger partial charge in [0.05, 0.1) is 12.7 Å². The van der Waals surface area contributed by atoms with E-state index < -0.39 is 0 Å². The van der Waals surface area contributed by atoms with Gasteiger partial charge in [0.2, 0.25) is 0 Å². The van der Waals surface area contributed by atoms with E-state index in [4.69, 9.17) is 4.74 Å². The fraction of sp³-hybridized carbons (Fsp3) is 0.417. The van der Waals surface area contributed by atoms with Crippen LogP contribution in [0.2, 0.25) is 0 Å². The molecule has 0 bridgehead atoms. The predicted molar refractivity (Wildman–Crippen MR) is 57.8 cm³/mol. The lowest BCUT2D eigenvalue weighted by atomic mass is 10.0. The summed E-state index contributed by atoms with van der Waals surface area (Å²) in [5.41, 5.74) is 1.80. The van der Waals surface area contributed by atoms with Crippen LogP contribution in [0.3, 0.4) is 0 Å². The molecule has 1 aromatic carbocycles. The Morgan fingerprint density at radius 2 is 2.40 bits per heavy atom. The van der Waals surface area contributed by atoms with Crippen LogP contribution in [0, 0.1) is 0 Å². The zero-order valence-electron chi connectivity index (χ0n) is 8.82. The lowest BCUT2D eigenvalue weighted by molar-refractivity contribution is 0.0600. The Hall–Kier alpha value is -1.35. The van der Waals surface area contributed by atoms with Gasteiger partial charge in [-0.2, -0.15) is 0 Å². The number of hydrogen-bond acceptors (Lipinski definition) is 3. The minimum Gasteiger partial charge on any atom is -0.465 e. The van der Waals surface area contributed by atoms with Gasteiger partial charge >= 0.3 is 5.97 Å². The molecular weight excluding hydrogens is 190 g/mol. The summed E-state index contributed by atoms with van der Waals surface area (Å²) in [7, 11) is 1.41. The smallest absolute Gasteiger partial charge is 0.337 e. The summed E-state index contributed by atoms with van der Waals surface area (Å²) in [4.78, 5) is 11.3. The van der Waals surface area contributed by atoms with E-state index in [9.17, 15) is 4.79 Å². The molecule has 0 radical (unpaired) electrons. The first-order valence-electron chi connectivity index (χ1n) is 5.23. The molecule has 0 aromatic heterocycles. The highest BCUT2D eigenvalue weighted by Crippen LogP contribution is 2.23. The largest absolute Gasteiger partial charge is 0.465 e. The lowest BCUT2D eigenvalue weighted by Crippen LogP contribution is -2.13. The second-order valence-corrected chi connectivity index (χ2v) is 3.77. The summed E-state index contributed by atoms with van der Waals surface area (Å²) in [5, 5.41) is 3.40. The number of carbonyl (C=O) groups is 1. The Morgan fingerprint density at radius 3 is 3.07 bits per heavy atom. The van der Waals surface area contributed by atoms with Crippen molar-refractivity contribution in [2.24, 2.45) is 0 Å². The van der Waals surface area contributed by atoms with Crippen molar-refractivity contribution in [3.63, 3.8) is 0 Å². The Bertz CT molecular complexity index is 356. The van der Waals surface area contributed by atoms with E-state index in [0.29, 0.717) is 11.6 Å². The highest BCUT2D eigenvalue weighted by molar-refractivity contribution is 5.89. The van der Waals surface area contributed by atoms with Crippen LogP contribution < -0.4 is 5.32 Å². The van der Waals surface area contributed by atoms with Gasteiger partial charge in [0, 0.05) is 6.04 Å². The number of carbonyl (C=O) groups excluding carboxylic acids is 1. The van der Waals surface area contributed by atoms with E-state index in [1.165, 1.54) is 19.1 Å². The molecule has 1 aliphatic heterocycles. The molecule has 1 N–H and O–H groups in total. The normalized spacial score (nSPS) is 20.2. The molecule has 3 heteroatoms. The molecule has 0 aliphatic carbocycles. The minimum atomic E-state index is -0.269. The van der Waals surface area contributed by atoms with E-state index in [1.807, 2.05) is 12.1 Å². The van der Waals surface area contributed by atoms with Crippen LogP contribution in [0.1, 0.15) is 34.8 Å². The van der Waals surface area contributed by atoms with Gasteiger partial charge in [0.15, 0.2) is 0 Å². The zero-order valence-corrected chi connectivity index (χ0v) is 8.82. The molecular formula is C12H15NO2. The molecule has 1 heterocycles. The third kappa shape index (κ3) is 2.18. The fourth-order valence-electron chi connectivity index (χ4n) is 1.97. The average Bonchev–Trinajstić information content (AvgIpc) is 2.82. The Labute approximate surface area is 89.4 Å². The first-order valence-corrected chi connectivity index (χ1v) is 5.23. The minimum absolute atomic E-state index is 0.269. The molecule has 1 saturated heterocycles. The summed E-state index contributed by atoms with van der Waals surface area (Å²) in [6.45, 7) is 1.06. The SMILES string of the molecule is COC(=O)c1cccc([C@@H]2CCCN2)c1. The second kappa shape index (κ2) is 4.45. The molecule has 0 unspecified atom stereocenters. The van der Waals surface area contributed by atoms with Gasteiger partial charge in [-0.1, -0.05) is 12.1 Å². The maximum absolute atomic E-state index is 11.3. The monoisotopic (exact) mass is 205 g/mol. The summed E-state index contributed by atoms with van der Waals surface area (Å²) < 4.78 is 4.69. The van der Waals surface area contributed by atoms with Crippen molar-refractivity contribution in [3.05, 3.63) is 35.4 Å². The van der Waals surface area contributed by atoms with Gasteiger partial charge in [-0.3, -0.25) is 0 Å². The van der Waals surface area contributed by atoms with Crippen LogP contribution in [0.4, 0.5) is 0 Å². The number of methoxy groups -OCH3 is 1. The van der Waals surface area contributed by atoms with Gasteiger partial charge in [0.25, 0.3) is 0 Å². The standard InChI is InChI=1S/C12H15NO2/c1-15-12(14)10-5-2-4-9(8-10)11-6-3-7-13-11/h2,4-5,8,11,13H,3,6-7H2,1H3/t11-/m0/s1. The number of ether oxygens (including phenoxy) is 1. The molecule has 1 aromatic rings. The number of hydrogen-bond donors (Lipinski definition) is 1. The summed E-state index contributed by atoms with van der Waals surface area (Å²) in [6.07, 6.45) is 2.34. The van der Waals surface area contributed by atoms with Crippen LogP contribution >= 0.6 is 0 Å². The Balaban J connectivity index is 2.21. The summed E-state index contributed by atoms with van der Waals surface area (Å²) >= 11 is 0. The lowest BCUT2D eigenvalue weighted by Gasteiger charge is -2.11. The molecule has 80 valence electrons. The van der Waals surface area contributed by atoms with E-state index in [1.54, 1.807) is 6.07 Å². The molecule has 0 saturated carbocycles. The molecule has 1 fully saturated rings. The molecule has 0 spiro atoms. The van der Waals surface area contributed by atoms with Crippen molar-refractivity contribution < 1.29 is 9.53 Å². The third-order valence-corrected chi connectivity index (χ3v) is 2.77. The number of nitrogens with one attached hydrogen (secondary N) is 1. The highest BCUT2D eigenvalue weighted by Gasteiger charge is 2.17. The van der Waals surface area contributed by atoms with E-state index >= 15 is 0 Å². The fourth-order valence-corrected chi connectivity index (χ4v) is 1.97. The van der Waals surface area contributed by atoms with Crippen LogP contribution in [-0.4, -0.2) is 19.6 Å². The van der Waals surface area contributed by atoms with E-state index in [0.717, 1.165) is 13.0 Å².